The number of sulfonamides is 1. The zero-order chi connectivity index (χ0) is 27.2. The summed E-state index contributed by atoms with van der Waals surface area (Å²) < 4.78 is 45.1. The van der Waals surface area contributed by atoms with Crippen LogP contribution in [0.1, 0.15) is 22.8 Å². The molecule has 3 aromatic rings. The van der Waals surface area contributed by atoms with Gasteiger partial charge >= 0.3 is 6.01 Å². The van der Waals surface area contributed by atoms with E-state index in [0.717, 1.165) is 16.6 Å². The largest absolute Gasteiger partial charge is 0.467 e. The summed E-state index contributed by atoms with van der Waals surface area (Å²) >= 11 is 0. The van der Waals surface area contributed by atoms with Crippen LogP contribution in [-0.4, -0.2) is 56.3 Å². The van der Waals surface area contributed by atoms with E-state index in [9.17, 15) is 17.6 Å². The van der Waals surface area contributed by atoms with E-state index >= 15 is 0 Å². The minimum atomic E-state index is -3.75. The van der Waals surface area contributed by atoms with Crippen molar-refractivity contribution in [2.24, 2.45) is 0 Å². The van der Waals surface area contributed by atoms with E-state index in [0.29, 0.717) is 5.82 Å². The van der Waals surface area contributed by atoms with Crippen LogP contribution in [0.3, 0.4) is 0 Å². The lowest BCUT2D eigenvalue weighted by Crippen LogP contribution is -2.26. The quantitative estimate of drug-likeness (QED) is 0.264. The Labute approximate surface area is 213 Å². The summed E-state index contributed by atoms with van der Waals surface area (Å²) in [4.78, 5) is 30.0. The van der Waals surface area contributed by atoms with E-state index in [1.165, 1.54) is 38.7 Å². The van der Waals surface area contributed by atoms with Gasteiger partial charge in [-0.15, -0.1) is 6.42 Å². The SMILES string of the molecule is C#Cc1cc(N(C)S(C)(=O)=O)c(Nc2cc(Nc3ccnc(OC)n3)ncc2C(=O)NOCC)cc1F. The highest BCUT2D eigenvalue weighted by Gasteiger charge is 2.21. The number of aromatic nitrogens is 3. The van der Waals surface area contributed by atoms with E-state index in [1.54, 1.807) is 13.0 Å². The number of rotatable bonds is 10. The second-order valence-electron chi connectivity index (χ2n) is 7.38. The zero-order valence-corrected chi connectivity index (χ0v) is 21.2. The van der Waals surface area contributed by atoms with E-state index in [4.69, 9.17) is 16.0 Å². The maximum atomic E-state index is 14.7. The molecule has 3 N–H and O–H groups in total. The third-order valence-corrected chi connectivity index (χ3v) is 6.07. The van der Waals surface area contributed by atoms with E-state index in [-0.39, 0.29) is 46.6 Å². The number of methoxy groups -OCH3 is 1. The lowest BCUT2D eigenvalue weighted by atomic mass is 10.1. The molecular weight excluding hydrogens is 505 g/mol. The number of carbonyl (C=O) groups is 1. The second kappa shape index (κ2) is 11.5. The normalized spacial score (nSPS) is 10.8. The predicted octanol–water partition coefficient (Wildman–Crippen LogP) is 2.56. The number of hydroxylamine groups is 1. The first kappa shape index (κ1) is 27.1. The monoisotopic (exact) mass is 529 g/mol. The average Bonchev–Trinajstić information content (AvgIpc) is 2.86. The van der Waals surface area contributed by atoms with Crippen molar-refractivity contribution in [1.82, 2.24) is 20.4 Å². The molecule has 0 aliphatic rings. The Balaban J connectivity index is 2.11. The molecule has 0 saturated heterocycles. The Kier molecular flexibility index (Phi) is 8.43. The fourth-order valence-corrected chi connectivity index (χ4v) is 3.51. The number of carbonyl (C=O) groups excluding carboxylic acids is 1. The first-order chi connectivity index (χ1) is 17.6. The molecule has 0 bridgehead atoms. The summed E-state index contributed by atoms with van der Waals surface area (Å²) in [6.45, 7) is 1.89. The van der Waals surface area contributed by atoms with Crippen molar-refractivity contribution in [3.05, 3.63) is 53.6 Å². The van der Waals surface area contributed by atoms with Crippen LogP contribution in [0.5, 0.6) is 6.01 Å². The molecule has 0 spiro atoms. The van der Waals surface area contributed by atoms with Gasteiger partial charge in [0.05, 0.1) is 48.2 Å². The number of benzene rings is 1. The molecule has 0 radical (unpaired) electrons. The van der Waals surface area contributed by atoms with Gasteiger partial charge in [-0.05, 0) is 19.1 Å². The van der Waals surface area contributed by atoms with Crippen LogP contribution in [0.4, 0.5) is 33.1 Å². The van der Waals surface area contributed by atoms with Gasteiger partial charge in [-0.1, -0.05) is 5.92 Å². The van der Waals surface area contributed by atoms with Gasteiger partial charge in [0.1, 0.15) is 17.5 Å². The maximum absolute atomic E-state index is 14.7. The number of ether oxygens (including phenoxy) is 1. The maximum Gasteiger partial charge on any atom is 0.318 e. The summed E-state index contributed by atoms with van der Waals surface area (Å²) in [5.74, 6) is 1.36. The summed E-state index contributed by atoms with van der Waals surface area (Å²) in [5.41, 5.74) is 2.37. The number of nitrogens with zero attached hydrogens (tertiary/aromatic N) is 4. The number of hydrogen-bond acceptors (Lipinski definition) is 10. The number of amides is 1. The molecule has 12 nitrogen and oxygen atoms in total. The molecule has 0 fully saturated rings. The number of hydrogen-bond donors (Lipinski definition) is 3. The lowest BCUT2D eigenvalue weighted by molar-refractivity contribution is 0.0365. The summed E-state index contributed by atoms with van der Waals surface area (Å²) in [6.07, 6.45) is 9.09. The second-order valence-corrected chi connectivity index (χ2v) is 9.40. The van der Waals surface area contributed by atoms with Gasteiger partial charge in [0.25, 0.3) is 5.91 Å². The summed E-state index contributed by atoms with van der Waals surface area (Å²) in [7, 11) is -1.04. The molecule has 0 aliphatic carbocycles. The van der Waals surface area contributed by atoms with Crippen molar-refractivity contribution in [1.29, 1.82) is 0 Å². The Morgan fingerprint density at radius 2 is 1.95 bits per heavy atom. The zero-order valence-electron chi connectivity index (χ0n) is 20.4. The molecule has 0 saturated carbocycles. The van der Waals surface area contributed by atoms with Crippen molar-refractivity contribution in [3.8, 4) is 18.4 Å². The number of nitrogens with one attached hydrogen (secondary N) is 3. The summed E-state index contributed by atoms with van der Waals surface area (Å²) in [6, 6.07) is 5.40. The Morgan fingerprint density at radius 3 is 2.59 bits per heavy atom. The predicted molar refractivity (Wildman–Crippen MR) is 136 cm³/mol. The smallest absolute Gasteiger partial charge is 0.318 e. The van der Waals surface area contributed by atoms with Crippen LogP contribution >= 0.6 is 0 Å². The average molecular weight is 530 g/mol. The highest BCUT2D eigenvalue weighted by atomic mass is 32.2. The van der Waals surface area contributed by atoms with Gasteiger partial charge in [0, 0.05) is 31.6 Å². The minimum absolute atomic E-state index is 0.0219. The third kappa shape index (κ3) is 6.60. The molecule has 37 heavy (non-hydrogen) atoms. The van der Waals surface area contributed by atoms with Gasteiger partial charge in [-0.2, -0.15) is 4.98 Å². The molecule has 0 atom stereocenters. The number of pyridine rings is 1. The number of halogens is 1. The number of anilines is 5. The molecular formula is C23H24FN7O5S. The van der Waals surface area contributed by atoms with Crippen molar-refractivity contribution < 1.29 is 27.2 Å². The van der Waals surface area contributed by atoms with Gasteiger partial charge in [0.2, 0.25) is 10.0 Å². The van der Waals surface area contributed by atoms with E-state index in [2.05, 4.69) is 37.0 Å². The fraction of sp³-hybridized carbons (Fsp3) is 0.217. The minimum Gasteiger partial charge on any atom is -0.467 e. The Morgan fingerprint density at radius 1 is 1.19 bits per heavy atom. The van der Waals surface area contributed by atoms with E-state index < -0.39 is 21.7 Å². The van der Waals surface area contributed by atoms with Gasteiger partial charge < -0.3 is 15.4 Å². The van der Waals surface area contributed by atoms with Gasteiger partial charge in [0.15, 0.2) is 0 Å². The Hall–Kier alpha value is -4.48. The molecule has 0 aliphatic heterocycles. The van der Waals surface area contributed by atoms with Crippen LogP contribution in [0.15, 0.2) is 36.7 Å². The third-order valence-electron chi connectivity index (χ3n) is 4.88. The van der Waals surface area contributed by atoms with Crippen LogP contribution in [-0.2, 0) is 14.9 Å². The van der Waals surface area contributed by atoms with Crippen LogP contribution in [0.25, 0.3) is 0 Å². The topological polar surface area (TPSA) is 148 Å². The van der Waals surface area contributed by atoms with E-state index in [1.807, 2.05) is 0 Å². The molecule has 1 amide bonds. The first-order valence-corrected chi connectivity index (χ1v) is 12.5. The van der Waals surface area contributed by atoms with Crippen molar-refractivity contribution in [2.45, 2.75) is 6.92 Å². The molecule has 3 rings (SSSR count). The number of terminal acetylenes is 1. The van der Waals surface area contributed by atoms with Crippen molar-refractivity contribution >= 4 is 44.6 Å². The Bertz CT molecular complexity index is 1460. The first-order valence-electron chi connectivity index (χ1n) is 10.6. The highest BCUT2D eigenvalue weighted by Crippen LogP contribution is 2.34. The van der Waals surface area contributed by atoms with Gasteiger partial charge in [-0.3, -0.25) is 13.9 Å². The fourth-order valence-electron chi connectivity index (χ4n) is 3.00. The molecule has 194 valence electrons. The van der Waals surface area contributed by atoms with Crippen molar-refractivity contribution in [2.75, 3.05) is 42.0 Å². The van der Waals surface area contributed by atoms with Gasteiger partial charge in [-0.25, -0.2) is 28.3 Å². The van der Waals surface area contributed by atoms with Crippen molar-refractivity contribution in [3.63, 3.8) is 0 Å². The standard InChI is InChI=1S/C23H24FN7O5S/c1-6-14-10-19(31(3)37(5,33)34)18(11-16(14)24)27-17-12-21(26-13-15(17)22(32)30-36-7-2)28-20-8-9-25-23(29-20)35-4/h1,8-13H,7H2,2-5H3,(H,30,32)(H2,25,26,27,28,29). The van der Waals surface area contributed by atoms with Crippen LogP contribution in [0.2, 0.25) is 0 Å². The molecule has 2 aromatic heterocycles. The lowest BCUT2D eigenvalue weighted by Gasteiger charge is -2.22. The molecule has 14 heteroatoms. The summed E-state index contributed by atoms with van der Waals surface area (Å²) in [5, 5.41) is 5.88. The molecule has 2 heterocycles. The molecule has 1 aromatic carbocycles. The highest BCUT2D eigenvalue weighted by molar-refractivity contribution is 7.92. The van der Waals surface area contributed by atoms with Crippen LogP contribution < -0.4 is 25.2 Å². The van der Waals surface area contributed by atoms with Crippen LogP contribution in [0, 0.1) is 18.2 Å². The molecule has 0 unspecified atom stereocenters.